The van der Waals surface area contributed by atoms with Gasteiger partial charge in [-0.1, -0.05) is 89.6 Å². The molecule has 8 rings (SSSR count). The van der Waals surface area contributed by atoms with Gasteiger partial charge in [-0.05, 0) is 108 Å². The van der Waals surface area contributed by atoms with Gasteiger partial charge in [-0.15, -0.1) is 15.3 Å². The molecule has 0 radical (unpaired) electrons. The van der Waals surface area contributed by atoms with Crippen molar-refractivity contribution in [1.82, 2.24) is 0 Å². The smallest absolute Gasteiger partial charge is 0.871 e. The second-order valence-corrected chi connectivity index (χ2v) is 19.1. The molecule has 0 aliphatic carbocycles. The van der Waals surface area contributed by atoms with Crippen molar-refractivity contribution < 1.29 is 55.5 Å². The topological polar surface area (TPSA) is 284 Å². The van der Waals surface area contributed by atoms with Gasteiger partial charge in [-0.2, -0.15) is 21.9 Å². The molecule has 73 heavy (non-hydrogen) atoms. The molecule has 0 bridgehead atoms. The van der Waals surface area contributed by atoms with Crippen LogP contribution in [0, 0.1) is 13.8 Å². The third kappa shape index (κ3) is 13.2. The first-order chi connectivity index (χ1) is 34.2. The van der Waals surface area contributed by atoms with Crippen molar-refractivity contribution >= 4 is 160 Å². The molecular formula is C50H38BaCl2N6O12S2. The van der Waals surface area contributed by atoms with Gasteiger partial charge < -0.3 is 30.1 Å². The van der Waals surface area contributed by atoms with Gasteiger partial charge in [-0.25, -0.2) is 0 Å². The number of nitrogens with zero attached hydrogens (tertiary/aromatic N) is 5. The largest absolute Gasteiger partial charge is 2.00 e. The van der Waals surface area contributed by atoms with Gasteiger partial charge in [0, 0.05) is 38.6 Å². The molecule has 8 aromatic carbocycles. The van der Waals surface area contributed by atoms with Gasteiger partial charge in [0.1, 0.15) is 38.4 Å². The molecular weight excluding hydrogens is 1150 g/mol. The SMILES string of the molecule is COc1cccc(N=C([O-])c2cc3ccccc3c(N=Nc3cc(C)c(Cl)cc3S(=O)(=O)O)c2[O-])c1.COc1cccc(NC(=O)c2cc3ccccc3c(N=Nc3cc(C)c(Cl)cc3S(=O)(=O)O)c2O)c1.[Ba+2]. The summed E-state index contributed by atoms with van der Waals surface area (Å²) >= 11 is 12.0. The van der Waals surface area contributed by atoms with E-state index < -0.39 is 53.3 Å². The molecule has 0 fully saturated rings. The molecule has 18 nitrogen and oxygen atoms in total. The van der Waals surface area contributed by atoms with Crippen molar-refractivity contribution in [3.8, 4) is 23.0 Å². The quantitative estimate of drug-likeness (QED) is 0.0292. The maximum absolute atomic E-state index is 13.3. The molecule has 4 N–H and O–H groups in total. The maximum atomic E-state index is 13.3. The summed E-state index contributed by atoms with van der Waals surface area (Å²) in [6.07, 6.45) is 0. The van der Waals surface area contributed by atoms with Gasteiger partial charge in [0.15, 0.2) is 5.75 Å². The standard InChI is InChI=1S/2C25H20ClN3O6S.Ba/c2*1-14-10-21(22(13-20(14)26)36(32,33)34)28-29-23-18-9-4-3-6-15(18)11-19(24(23)30)25(31)27-16-7-5-8-17(12-16)35-2;/h2*3-13,30H,1-2H3,(H,27,31)(H,32,33,34);/q;;+2/p-2. The number of azo groups is 2. The number of methoxy groups -OCH3 is 2. The molecule has 0 heterocycles. The molecule has 0 aliphatic rings. The van der Waals surface area contributed by atoms with Gasteiger partial charge in [0.05, 0.1) is 31.2 Å². The summed E-state index contributed by atoms with van der Waals surface area (Å²) in [6, 6.07) is 34.5. The number of halogens is 2. The van der Waals surface area contributed by atoms with Gasteiger partial charge in [0.2, 0.25) is 0 Å². The van der Waals surface area contributed by atoms with Crippen LogP contribution in [0.15, 0.2) is 169 Å². The van der Waals surface area contributed by atoms with Crippen LogP contribution in [0.3, 0.4) is 0 Å². The van der Waals surface area contributed by atoms with E-state index in [4.69, 9.17) is 32.7 Å². The summed E-state index contributed by atoms with van der Waals surface area (Å²) in [5.74, 6) is -1.57. The minimum atomic E-state index is -4.69. The number of fused-ring (bicyclic) bond motifs is 2. The number of aromatic hydroxyl groups is 1. The maximum Gasteiger partial charge on any atom is 2.00 e. The summed E-state index contributed by atoms with van der Waals surface area (Å²) in [5.41, 5.74) is 0.748. The van der Waals surface area contributed by atoms with Crippen LogP contribution >= 0.6 is 23.2 Å². The minimum Gasteiger partial charge on any atom is -0.871 e. The minimum absolute atomic E-state index is 0. The molecule has 1 amide bonds. The van der Waals surface area contributed by atoms with Crippen molar-refractivity contribution in [2.24, 2.45) is 25.4 Å². The summed E-state index contributed by atoms with van der Waals surface area (Å²) < 4.78 is 76.9. The van der Waals surface area contributed by atoms with Gasteiger partial charge >= 0.3 is 48.9 Å². The Bertz CT molecular complexity index is 3790. The van der Waals surface area contributed by atoms with Crippen LogP contribution in [0.1, 0.15) is 27.0 Å². The zero-order chi connectivity index (χ0) is 52.1. The Morgan fingerprint density at radius 1 is 0.616 bits per heavy atom. The summed E-state index contributed by atoms with van der Waals surface area (Å²) in [4.78, 5) is 16.0. The number of ether oxygens (including phenoxy) is 2. The Morgan fingerprint density at radius 2 is 1.10 bits per heavy atom. The molecule has 8 aromatic rings. The number of phenolic OH excluding ortho intramolecular Hbond substituents is 1. The first-order valence-electron chi connectivity index (χ1n) is 20.9. The number of rotatable bonds is 12. The molecule has 0 saturated heterocycles. The zero-order valence-electron chi connectivity index (χ0n) is 38.7. The van der Waals surface area contributed by atoms with Crippen LogP contribution in [0.2, 0.25) is 10.0 Å². The van der Waals surface area contributed by atoms with E-state index in [0.29, 0.717) is 55.5 Å². The van der Waals surface area contributed by atoms with Crippen LogP contribution in [-0.4, -0.2) is 106 Å². The van der Waals surface area contributed by atoms with E-state index in [1.54, 1.807) is 111 Å². The Balaban J connectivity index is 0.000000235. The fourth-order valence-corrected chi connectivity index (χ4v) is 8.71. The Labute approximate surface area is 468 Å². The van der Waals surface area contributed by atoms with Crippen LogP contribution in [-0.2, 0) is 20.2 Å². The first-order valence-corrected chi connectivity index (χ1v) is 24.5. The second-order valence-electron chi connectivity index (χ2n) is 15.5. The van der Waals surface area contributed by atoms with Gasteiger partial charge in [0.25, 0.3) is 26.1 Å². The third-order valence-corrected chi connectivity index (χ3v) is 13.2. The number of carbonyl (C=O) groups excluding carboxylic acids is 1. The van der Waals surface area contributed by atoms with Crippen molar-refractivity contribution in [2.45, 2.75) is 23.6 Å². The third-order valence-electron chi connectivity index (χ3n) is 10.6. The number of nitrogens with one attached hydrogen (secondary N) is 1. The monoisotopic (exact) mass is 1190 g/mol. The van der Waals surface area contributed by atoms with E-state index in [-0.39, 0.29) is 92.8 Å². The zero-order valence-corrected chi connectivity index (χ0v) is 46.3. The summed E-state index contributed by atoms with van der Waals surface area (Å²) in [6.45, 7) is 3.24. The number of amides is 1. The summed E-state index contributed by atoms with van der Waals surface area (Å²) in [7, 11) is -6.37. The molecule has 0 saturated carbocycles. The fourth-order valence-electron chi connectivity index (χ4n) is 6.99. The normalized spacial score (nSPS) is 11.9. The number of aryl methyl sites for hydroxylation is 2. The molecule has 0 aliphatic heterocycles. The van der Waals surface area contributed by atoms with E-state index in [1.807, 2.05) is 0 Å². The molecule has 368 valence electrons. The van der Waals surface area contributed by atoms with Crippen LogP contribution < -0.4 is 25.0 Å². The Kier molecular flexibility index (Phi) is 18.1. The number of hydrogen-bond donors (Lipinski definition) is 4. The molecule has 0 atom stereocenters. The first kappa shape index (κ1) is 55.9. The number of aliphatic imine (C=N–C) groups is 1. The van der Waals surface area contributed by atoms with Crippen LogP contribution in [0.25, 0.3) is 21.5 Å². The van der Waals surface area contributed by atoms with Crippen LogP contribution in [0.5, 0.6) is 23.0 Å². The molecule has 0 spiro atoms. The van der Waals surface area contributed by atoms with E-state index in [9.17, 15) is 46.1 Å². The summed E-state index contributed by atoms with van der Waals surface area (Å²) in [5, 5.41) is 58.2. The van der Waals surface area contributed by atoms with E-state index in [1.165, 1.54) is 38.5 Å². The average Bonchev–Trinajstić information content (AvgIpc) is 3.34. The van der Waals surface area contributed by atoms with E-state index in [2.05, 4.69) is 30.8 Å². The number of hydrogen-bond acceptors (Lipinski definition) is 15. The average molecular weight is 1190 g/mol. The van der Waals surface area contributed by atoms with E-state index >= 15 is 0 Å². The Morgan fingerprint density at radius 3 is 1.63 bits per heavy atom. The van der Waals surface area contributed by atoms with Crippen molar-refractivity contribution in [1.29, 1.82) is 0 Å². The van der Waals surface area contributed by atoms with Crippen LogP contribution in [0.4, 0.5) is 34.1 Å². The number of carbonyl (C=O) groups is 1. The fraction of sp³-hybridized carbons (Fsp3) is 0.0800. The van der Waals surface area contributed by atoms with E-state index in [0.717, 1.165) is 12.1 Å². The predicted molar refractivity (Wildman–Crippen MR) is 275 cm³/mol. The van der Waals surface area contributed by atoms with Crippen molar-refractivity contribution in [2.75, 3.05) is 19.5 Å². The number of anilines is 1. The Hall–Kier alpha value is -6.41. The number of phenols is 1. The molecule has 0 unspecified atom stereocenters. The van der Waals surface area contributed by atoms with Gasteiger partial charge in [-0.3, -0.25) is 18.9 Å². The van der Waals surface area contributed by atoms with Crippen molar-refractivity contribution in [3.05, 3.63) is 166 Å². The second kappa shape index (κ2) is 23.6. The predicted octanol–water partition coefficient (Wildman–Crippen LogP) is 11.0. The molecule has 23 heteroatoms. The number of benzene rings is 8. The van der Waals surface area contributed by atoms with Crippen molar-refractivity contribution in [3.63, 3.8) is 0 Å². The molecule has 0 aromatic heterocycles.